The molecular formula is C26H30N8O. The number of rotatable bonds is 8. The minimum Gasteiger partial charge on any atom is -0.494 e. The van der Waals surface area contributed by atoms with Crippen LogP contribution in [-0.4, -0.2) is 60.8 Å². The Hall–Kier alpha value is -4.29. The number of hydrogen-bond donors (Lipinski definition) is 2. The van der Waals surface area contributed by atoms with E-state index in [1.165, 1.54) is 6.20 Å². The molecule has 0 unspecified atom stereocenters. The monoisotopic (exact) mass is 470 g/mol. The number of aromatic nitrogens is 3. The summed E-state index contributed by atoms with van der Waals surface area (Å²) in [6.07, 6.45) is 3.51. The predicted octanol–water partition coefficient (Wildman–Crippen LogP) is 3.84. The molecule has 0 fully saturated rings. The van der Waals surface area contributed by atoms with Crippen LogP contribution in [0.25, 0.3) is 22.2 Å². The van der Waals surface area contributed by atoms with Crippen LogP contribution in [-0.2, 0) is 7.05 Å². The summed E-state index contributed by atoms with van der Waals surface area (Å²) >= 11 is 0. The Morgan fingerprint density at radius 1 is 1.17 bits per heavy atom. The fourth-order valence-electron chi connectivity index (χ4n) is 4.03. The van der Waals surface area contributed by atoms with Crippen LogP contribution in [0.4, 0.5) is 23.0 Å². The standard InChI is InChI=1S/C26H30N8O/c1-32(2)10-11-33(3)23-13-24(35-5)21(12-20(23)28)30-26-29-15-17(14-27)25(31-26)19-16-34(4)22-9-7-6-8-18(19)22/h6-9,12-13,15-16H,10-11,28H2,1-5H3,(H,29,30,31). The molecule has 0 aliphatic heterocycles. The van der Waals surface area contributed by atoms with Gasteiger partial charge >= 0.3 is 0 Å². The molecule has 4 rings (SSSR count). The first-order chi connectivity index (χ1) is 16.8. The second-order valence-electron chi connectivity index (χ2n) is 8.70. The van der Waals surface area contributed by atoms with Gasteiger partial charge in [-0.1, -0.05) is 18.2 Å². The van der Waals surface area contributed by atoms with E-state index in [9.17, 15) is 5.26 Å². The molecule has 9 nitrogen and oxygen atoms in total. The first-order valence-electron chi connectivity index (χ1n) is 11.2. The quantitative estimate of drug-likeness (QED) is 0.374. The van der Waals surface area contributed by atoms with E-state index in [0.29, 0.717) is 34.3 Å². The number of likely N-dealkylation sites (N-methyl/N-ethyl adjacent to an activating group) is 2. The van der Waals surface area contributed by atoms with Gasteiger partial charge in [0.25, 0.3) is 0 Å². The lowest BCUT2D eigenvalue weighted by atomic mass is 10.1. The van der Waals surface area contributed by atoms with Crippen LogP contribution in [0.15, 0.2) is 48.8 Å². The summed E-state index contributed by atoms with van der Waals surface area (Å²) in [6.45, 7) is 1.72. The Kier molecular flexibility index (Phi) is 6.75. The lowest BCUT2D eigenvalue weighted by Crippen LogP contribution is -2.29. The lowest BCUT2D eigenvalue weighted by molar-refractivity contribution is 0.413. The van der Waals surface area contributed by atoms with Gasteiger partial charge in [0.15, 0.2) is 0 Å². The summed E-state index contributed by atoms with van der Waals surface area (Å²) in [5, 5.41) is 14.0. The Bertz CT molecular complexity index is 1400. The topological polar surface area (TPSA) is 108 Å². The first-order valence-corrected chi connectivity index (χ1v) is 11.2. The number of nitrogens with two attached hydrogens (primary N) is 1. The third-order valence-electron chi connectivity index (χ3n) is 5.95. The van der Waals surface area contributed by atoms with Crippen molar-refractivity contribution in [2.24, 2.45) is 7.05 Å². The summed E-state index contributed by atoms with van der Waals surface area (Å²) < 4.78 is 7.67. The van der Waals surface area contributed by atoms with Crippen LogP contribution in [0, 0.1) is 11.3 Å². The maximum absolute atomic E-state index is 9.72. The Balaban J connectivity index is 1.71. The second-order valence-corrected chi connectivity index (χ2v) is 8.70. The smallest absolute Gasteiger partial charge is 0.227 e. The van der Waals surface area contributed by atoms with Crippen molar-refractivity contribution in [1.29, 1.82) is 5.26 Å². The minimum atomic E-state index is 0.346. The highest BCUT2D eigenvalue weighted by Crippen LogP contribution is 2.37. The van der Waals surface area contributed by atoms with Crippen molar-refractivity contribution in [2.75, 3.05) is 57.3 Å². The van der Waals surface area contributed by atoms with Crippen molar-refractivity contribution in [3.63, 3.8) is 0 Å². The maximum Gasteiger partial charge on any atom is 0.227 e. The van der Waals surface area contributed by atoms with Gasteiger partial charge in [-0.25, -0.2) is 9.97 Å². The van der Waals surface area contributed by atoms with Crippen LogP contribution < -0.4 is 20.7 Å². The van der Waals surface area contributed by atoms with Crippen LogP contribution in [0.2, 0.25) is 0 Å². The normalized spacial score (nSPS) is 11.0. The molecule has 3 N–H and O–H groups in total. The van der Waals surface area contributed by atoms with Gasteiger partial charge in [-0.15, -0.1) is 0 Å². The van der Waals surface area contributed by atoms with Crippen LogP contribution >= 0.6 is 0 Å². The second kappa shape index (κ2) is 9.91. The van der Waals surface area contributed by atoms with E-state index in [2.05, 4.69) is 26.2 Å². The molecule has 9 heteroatoms. The van der Waals surface area contributed by atoms with Crippen molar-refractivity contribution < 1.29 is 4.74 Å². The average Bonchev–Trinajstić information content (AvgIpc) is 3.19. The van der Waals surface area contributed by atoms with Gasteiger partial charge in [-0.2, -0.15) is 5.26 Å². The number of benzene rings is 2. The van der Waals surface area contributed by atoms with Crippen molar-refractivity contribution in [1.82, 2.24) is 19.4 Å². The summed E-state index contributed by atoms with van der Waals surface area (Å²) in [5.74, 6) is 0.962. The molecule has 0 atom stereocenters. The highest BCUT2D eigenvalue weighted by Gasteiger charge is 2.17. The van der Waals surface area contributed by atoms with E-state index in [1.54, 1.807) is 7.11 Å². The fraction of sp³-hybridized carbons (Fsp3) is 0.269. The van der Waals surface area contributed by atoms with Gasteiger partial charge < -0.3 is 30.2 Å². The third kappa shape index (κ3) is 4.83. The molecule has 0 aliphatic rings. The summed E-state index contributed by atoms with van der Waals surface area (Å²) in [4.78, 5) is 13.3. The molecule has 0 radical (unpaired) electrons. The number of nitrogens with one attached hydrogen (secondary N) is 1. The summed E-state index contributed by atoms with van der Waals surface area (Å²) in [6, 6.07) is 14.0. The molecule has 180 valence electrons. The predicted molar refractivity (Wildman–Crippen MR) is 141 cm³/mol. The van der Waals surface area contributed by atoms with E-state index < -0.39 is 0 Å². The van der Waals surface area contributed by atoms with E-state index in [1.807, 2.05) is 75.4 Å². The number of anilines is 4. The van der Waals surface area contributed by atoms with Gasteiger partial charge in [-0.3, -0.25) is 0 Å². The van der Waals surface area contributed by atoms with Crippen molar-refractivity contribution in [3.05, 3.63) is 54.4 Å². The van der Waals surface area contributed by atoms with Crippen molar-refractivity contribution in [3.8, 4) is 23.1 Å². The number of nitriles is 1. The highest BCUT2D eigenvalue weighted by molar-refractivity contribution is 5.96. The SMILES string of the molecule is COc1cc(N(C)CCN(C)C)c(N)cc1Nc1ncc(C#N)c(-c2cn(C)c3ccccc23)n1. The Morgan fingerprint density at radius 2 is 1.94 bits per heavy atom. The number of ether oxygens (including phenoxy) is 1. The van der Waals surface area contributed by atoms with E-state index in [-0.39, 0.29) is 0 Å². The lowest BCUT2D eigenvalue weighted by Gasteiger charge is -2.24. The number of aryl methyl sites for hydroxylation is 1. The molecule has 0 saturated heterocycles. The molecule has 2 aromatic heterocycles. The zero-order valence-corrected chi connectivity index (χ0v) is 20.7. The molecule has 2 heterocycles. The Morgan fingerprint density at radius 3 is 2.66 bits per heavy atom. The summed E-state index contributed by atoms with van der Waals surface area (Å²) in [5.41, 5.74) is 11.4. The van der Waals surface area contributed by atoms with Crippen LogP contribution in [0.3, 0.4) is 0 Å². The van der Waals surface area contributed by atoms with Crippen molar-refractivity contribution in [2.45, 2.75) is 0 Å². The Labute approximate surface area is 205 Å². The largest absolute Gasteiger partial charge is 0.494 e. The number of nitrogen functional groups attached to an aromatic ring is 1. The van der Waals surface area contributed by atoms with Gasteiger partial charge in [0.1, 0.15) is 11.8 Å². The van der Waals surface area contributed by atoms with Crippen molar-refractivity contribution >= 4 is 33.9 Å². The number of fused-ring (bicyclic) bond motifs is 1. The zero-order chi connectivity index (χ0) is 25.1. The molecule has 0 aliphatic carbocycles. The number of para-hydroxylation sites is 1. The molecular weight excluding hydrogens is 440 g/mol. The van der Waals surface area contributed by atoms with E-state index in [0.717, 1.165) is 35.2 Å². The van der Waals surface area contributed by atoms with Gasteiger partial charge in [0.05, 0.1) is 41.6 Å². The molecule has 0 amide bonds. The first kappa shape index (κ1) is 23.9. The van der Waals surface area contributed by atoms with Crippen LogP contribution in [0.1, 0.15) is 5.56 Å². The number of nitrogens with zero attached hydrogens (tertiary/aromatic N) is 6. The van der Waals surface area contributed by atoms with Gasteiger partial charge in [-0.05, 0) is 26.2 Å². The van der Waals surface area contributed by atoms with Gasteiger partial charge in [0.2, 0.25) is 5.95 Å². The van der Waals surface area contributed by atoms with Crippen LogP contribution in [0.5, 0.6) is 5.75 Å². The third-order valence-corrected chi connectivity index (χ3v) is 5.95. The van der Waals surface area contributed by atoms with Gasteiger partial charge in [0, 0.05) is 55.9 Å². The molecule has 0 spiro atoms. The molecule has 0 saturated carbocycles. The van der Waals surface area contributed by atoms with E-state index >= 15 is 0 Å². The molecule has 4 aromatic rings. The minimum absolute atomic E-state index is 0.346. The number of hydrogen-bond acceptors (Lipinski definition) is 8. The summed E-state index contributed by atoms with van der Waals surface area (Å²) in [7, 11) is 9.66. The number of methoxy groups -OCH3 is 1. The average molecular weight is 471 g/mol. The molecule has 0 bridgehead atoms. The molecule has 35 heavy (non-hydrogen) atoms. The highest BCUT2D eigenvalue weighted by atomic mass is 16.5. The molecule has 2 aromatic carbocycles. The zero-order valence-electron chi connectivity index (χ0n) is 20.7. The fourth-order valence-corrected chi connectivity index (χ4v) is 4.03. The van der Waals surface area contributed by atoms with E-state index in [4.69, 9.17) is 15.5 Å². The maximum atomic E-state index is 9.72.